The second kappa shape index (κ2) is 7.96. The number of nitrogens with one attached hydrogen (secondary N) is 2. The maximum Gasteiger partial charge on any atom is 0.245 e. The van der Waals surface area contributed by atoms with Gasteiger partial charge in [0.25, 0.3) is 0 Å². The summed E-state index contributed by atoms with van der Waals surface area (Å²) in [6.45, 7) is 4.10. The molecule has 27 heavy (non-hydrogen) atoms. The highest BCUT2D eigenvalue weighted by atomic mass is 32.2. The molecule has 2 aliphatic heterocycles. The van der Waals surface area contributed by atoms with Gasteiger partial charge in [-0.25, -0.2) is 8.42 Å². The van der Waals surface area contributed by atoms with Gasteiger partial charge in [0.2, 0.25) is 17.7 Å². The predicted molar refractivity (Wildman–Crippen MR) is 102 cm³/mol. The van der Waals surface area contributed by atoms with E-state index in [1.54, 1.807) is 11.8 Å². The lowest BCUT2D eigenvalue weighted by Gasteiger charge is -2.37. The van der Waals surface area contributed by atoms with Gasteiger partial charge < -0.3 is 20.6 Å². The second-order valence-electron chi connectivity index (χ2n) is 7.41. The Bertz CT molecular complexity index is 724. The molecule has 3 amide bonds. The topological polar surface area (TPSA) is 133 Å². The van der Waals surface area contributed by atoms with Crippen LogP contribution in [0.15, 0.2) is 0 Å². The normalized spacial score (nSPS) is 27.3. The summed E-state index contributed by atoms with van der Waals surface area (Å²) in [5, 5.41) is 13.5. The van der Waals surface area contributed by atoms with Gasteiger partial charge in [-0.2, -0.15) is 11.8 Å². The fourth-order valence-corrected chi connectivity index (χ4v) is 6.06. The molecule has 2 rings (SSSR count). The molecule has 154 valence electrons. The molecule has 0 aliphatic carbocycles. The van der Waals surface area contributed by atoms with Crippen LogP contribution >= 0.6 is 11.8 Å². The van der Waals surface area contributed by atoms with Crippen molar-refractivity contribution < 1.29 is 27.9 Å². The lowest BCUT2D eigenvalue weighted by atomic mass is 9.97. The summed E-state index contributed by atoms with van der Waals surface area (Å²) < 4.78 is 23.7. The highest BCUT2D eigenvalue weighted by molar-refractivity contribution is 7.98. The minimum Gasteiger partial charge on any atom is -0.394 e. The third-order valence-corrected chi connectivity index (χ3v) is 8.66. The van der Waals surface area contributed by atoms with E-state index in [1.165, 1.54) is 20.8 Å². The van der Waals surface area contributed by atoms with Crippen molar-refractivity contribution in [2.24, 2.45) is 0 Å². The summed E-state index contributed by atoms with van der Waals surface area (Å²) >= 11 is 1.59. The Morgan fingerprint density at radius 2 is 2.00 bits per heavy atom. The Morgan fingerprint density at radius 3 is 2.52 bits per heavy atom. The third kappa shape index (κ3) is 3.81. The van der Waals surface area contributed by atoms with Gasteiger partial charge in [-0.3, -0.25) is 14.4 Å². The molecule has 2 saturated heterocycles. The quantitative estimate of drug-likeness (QED) is 0.422. The molecule has 0 spiro atoms. The summed E-state index contributed by atoms with van der Waals surface area (Å²) in [5.41, 5.74) is 0. The Labute approximate surface area is 163 Å². The van der Waals surface area contributed by atoms with E-state index < -0.39 is 49.9 Å². The average molecular weight is 422 g/mol. The monoisotopic (exact) mass is 421 g/mol. The van der Waals surface area contributed by atoms with E-state index in [2.05, 4.69) is 10.6 Å². The van der Waals surface area contributed by atoms with Crippen LogP contribution in [0.3, 0.4) is 0 Å². The van der Waals surface area contributed by atoms with Crippen LogP contribution in [-0.2, 0) is 24.2 Å². The van der Waals surface area contributed by atoms with Crippen LogP contribution in [0.1, 0.15) is 33.6 Å². The molecule has 0 aromatic carbocycles. The lowest BCUT2D eigenvalue weighted by Crippen LogP contribution is -2.61. The number of hydrogen-bond donors (Lipinski definition) is 3. The number of sulfone groups is 1. The van der Waals surface area contributed by atoms with Crippen LogP contribution in [0.2, 0.25) is 0 Å². The highest BCUT2D eigenvalue weighted by Crippen LogP contribution is 2.45. The van der Waals surface area contributed by atoms with Gasteiger partial charge in [-0.1, -0.05) is 0 Å². The van der Waals surface area contributed by atoms with Crippen molar-refractivity contribution in [1.29, 1.82) is 0 Å². The predicted octanol–water partition coefficient (Wildman–Crippen LogP) is -1.14. The van der Waals surface area contributed by atoms with Crippen molar-refractivity contribution in [3.05, 3.63) is 0 Å². The van der Waals surface area contributed by atoms with E-state index in [9.17, 15) is 27.9 Å². The minimum absolute atomic E-state index is 0.112. The summed E-state index contributed by atoms with van der Waals surface area (Å²) in [7, 11) is -3.67. The number of aliphatic hydroxyl groups is 1. The summed E-state index contributed by atoms with van der Waals surface area (Å²) in [4.78, 5) is 38.0. The molecule has 0 bridgehead atoms. The van der Waals surface area contributed by atoms with Gasteiger partial charge in [-0.15, -0.1) is 0 Å². The molecule has 2 fully saturated rings. The molecule has 0 aromatic heterocycles. The number of thioether (sulfide) groups is 1. The van der Waals surface area contributed by atoms with Crippen LogP contribution < -0.4 is 10.6 Å². The maximum absolute atomic E-state index is 12.7. The van der Waals surface area contributed by atoms with E-state index in [0.29, 0.717) is 6.42 Å². The number of carbonyl (C=O) groups is 3. The molecule has 3 N–H and O–H groups in total. The lowest BCUT2D eigenvalue weighted by molar-refractivity contribution is -0.150. The summed E-state index contributed by atoms with van der Waals surface area (Å²) in [6, 6.07) is -2.53. The van der Waals surface area contributed by atoms with Crippen LogP contribution in [0.5, 0.6) is 0 Å². The molecule has 2 heterocycles. The Kier molecular flexibility index (Phi) is 6.48. The van der Waals surface area contributed by atoms with Crippen LogP contribution in [-0.4, -0.2) is 83.0 Å². The molecular weight excluding hydrogens is 394 g/mol. The van der Waals surface area contributed by atoms with Crippen molar-refractivity contribution in [2.45, 2.75) is 61.9 Å². The van der Waals surface area contributed by atoms with Crippen molar-refractivity contribution in [3.63, 3.8) is 0 Å². The van der Waals surface area contributed by atoms with Gasteiger partial charge in [-0.05, 0) is 39.2 Å². The number of nitrogens with zero attached hydrogens (tertiary/aromatic N) is 1. The zero-order chi connectivity index (χ0) is 20.6. The van der Waals surface area contributed by atoms with E-state index in [1.807, 2.05) is 6.26 Å². The first-order chi connectivity index (χ1) is 12.5. The molecule has 9 nitrogen and oxygen atoms in total. The van der Waals surface area contributed by atoms with Crippen molar-refractivity contribution in [3.8, 4) is 0 Å². The Morgan fingerprint density at radius 1 is 1.37 bits per heavy atom. The van der Waals surface area contributed by atoms with Gasteiger partial charge in [0.1, 0.15) is 17.5 Å². The molecule has 2 aliphatic rings. The summed E-state index contributed by atoms with van der Waals surface area (Å²) in [5.74, 6) is -0.775. The number of amides is 3. The standard InChI is InChI=1S/C16H27N3O6S2/c1-9(14(22)18-10(8-20)5-6-26-4)17-15(23)13-16(2,3)27(24,25)12-7-11(21)19(12)13/h9-10,12-13,20H,5-8H2,1-4H3,(H,17,23)(H,18,22). The second-order valence-corrected chi connectivity index (χ2v) is 11.1. The number of β-lactam (4-membered cyclic amide) rings is 1. The minimum atomic E-state index is -3.67. The molecule has 4 atom stereocenters. The highest BCUT2D eigenvalue weighted by Gasteiger charge is 2.67. The first kappa shape index (κ1) is 22.0. The van der Waals surface area contributed by atoms with Gasteiger partial charge in [0.05, 0.1) is 23.8 Å². The van der Waals surface area contributed by atoms with E-state index in [4.69, 9.17) is 0 Å². The number of aliphatic hydroxyl groups excluding tert-OH is 1. The van der Waals surface area contributed by atoms with Gasteiger partial charge in [0.15, 0.2) is 9.84 Å². The fourth-order valence-electron chi connectivity index (χ4n) is 3.41. The Balaban J connectivity index is 2.05. The van der Waals surface area contributed by atoms with E-state index in [0.717, 1.165) is 10.7 Å². The van der Waals surface area contributed by atoms with Crippen molar-refractivity contribution in [2.75, 3.05) is 18.6 Å². The van der Waals surface area contributed by atoms with E-state index in [-0.39, 0.29) is 18.9 Å². The number of hydrogen-bond acceptors (Lipinski definition) is 7. The molecule has 4 unspecified atom stereocenters. The number of carbonyl (C=O) groups excluding carboxylic acids is 3. The van der Waals surface area contributed by atoms with Gasteiger partial charge >= 0.3 is 0 Å². The fraction of sp³-hybridized carbons (Fsp3) is 0.812. The van der Waals surface area contributed by atoms with Crippen LogP contribution in [0, 0.1) is 0 Å². The number of fused-ring (bicyclic) bond motifs is 1. The largest absolute Gasteiger partial charge is 0.394 e. The molecule has 0 aromatic rings. The smallest absolute Gasteiger partial charge is 0.245 e. The van der Waals surface area contributed by atoms with Crippen molar-refractivity contribution in [1.82, 2.24) is 15.5 Å². The number of rotatable bonds is 8. The summed E-state index contributed by atoms with van der Waals surface area (Å²) in [6.07, 6.45) is 2.39. The Hall–Kier alpha value is -1.33. The van der Waals surface area contributed by atoms with E-state index >= 15 is 0 Å². The molecule has 0 saturated carbocycles. The van der Waals surface area contributed by atoms with Gasteiger partial charge in [0, 0.05) is 0 Å². The average Bonchev–Trinajstić information content (AvgIpc) is 2.71. The first-order valence-electron chi connectivity index (χ1n) is 8.74. The SMILES string of the molecule is CSCCC(CO)NC(=O)C(C)NC(=O)C1N2C(=O)CC2S(=O)(=O)C1(C)C. The first-order valence-corrected chi connectivity index (χ1v) is 11.7. The zero-order valence-electron chi connectivity index (χ0n) is 15.9. The molecule has 11 heteroatoms. The maximum atomic E-state index is 12.7. The molecule has 0 radical (unpaired) electrons. The zero-order valence-corrected chi connectivity index (χ0v) is 17.5. The van der Waals surface area contributed by atoms with Crippen LogP contribution in [0.25, 0.3) is 0 Å². The van der Waals surface area contributed by atoms with Crippen molar-refractivity contribution >= 4 is 39.3 Å². The molecular formula is C16H27N3O6S2. The third-order valence-electron chi connectivity index (χ3n) is 5.21. The van der Waals surface area contributed by atoms with Crippen LogP contribution in [0.4, 0.5) is 0 Å².